The topological polar surface area (TPSA) is 66.9 Å². The molecule has 1 amide bonds. The smallest absolute Gasteiger partial charge is 0.410 e. The summed E-state index contributed by atoms with van der Waals surface area (Å²) in [7, 11) is 0. The van der Waals surface area contributed by atoms with Crippen LogP contribution < -0.4 is 4.90 Å². The lowest BCUT2D eigenvalue weighted by atomic mass is 10.1. The second-order valence-electron chi connectivity index (χ2n) is 7.63. The van der Waals surface area contributed by atoms with Crippen molar-refractivity contribution in [3.63, 3.8) is 0 Å². The number of carbonyl (C=O) groups excluding carboxylic acids is 3. The number of carbonyl (C=O) groups is 3. The van der Waals surface area contributed by atoms with Gasteiger partial charge in [0, 0.05) is 37.8 Å². The third kappa shape index (κ3) is 5.78. The Morgan fingerprint density at radius 3 is 2.70 bits per heavy atom. The van der Waals surface area contributed by atoms with Crippen molar-refractivity contribution in [3.05, 3.63) is 54.8 Å². The van der Waals surface area contributed by atoms with E-state index < -0.39 is 12.0 Å². The lowest BCUT2D eigenvalue weighted by Crippen LogP contribution is -2.25. The van der Waals surface area contributed by atoms with Crippen molar-refractivity contribution in [2.24, 2.45) is 0 Å². The predicted octanol–water partition coefficient (Wildman–Crippen LogP) is 3.95. The molecule has 1 aromatic rings. The Morgan fingerprint density at radius 2 is 2.03 bits per heavy atom. The number of nitrogens with zero attached hydrogens (tertiary/aromatic N) is 2. The van der Waals surface area contributed by atoms with E-state index in [-0.39, 0.29) is 24.4 Å². The van der Waals surface area contributed by atoms with Crippen LogP contribution in [0.1, 0.15) is 37.7 Å². The van der Waals surface area contributed by atoms with Crippen molar-refractivity contribution in [2.75, 3.05) is 18.0 Å². The fourth-order valence-electron chi connectivity index (χ4n) is 3.58. The average molecular weight is 414 g/mol. The van der Waals surface area contributed by atoms with Crippen LogP contribution in [0.5, 0.6) is 0 Å². The number of hydrogen-bond acceptors (Lipinski definition) is 5. The van der Waals surface area contributed by atoms with E-state index in [1.807, 2.05) is 29.2 Å². The standard InChI is InChI=1S/C23H27FN2O4/c1-2-21(24)22(28)6-4-3-5-20-16-26(23(29)30-20)15-17-7-9-18(10-8-17)25-13-11-19(27)12-14-25/h2,7-11,13,20-21H,1,3-6,12,14-16H2/t20-,21?/m0/s1. The maximum atomic E-state index is 13.1. The van der Waals surface area contributed by atoms with E-state index in [1.165, 1.54) is 0 Å². The number of ketones is 2. The summed E-state index contributed by atoms with van der Waals surface area (Å²) in [6.07, 6.45) is 4.85. The lowest BCUT2D eigenvalue weighted by molar-refractivity contribution is -0.122. The van der Waals surface area contributed by atoms with Crippen LogP contribution in [0.2, 0.25) is 0 Å². The molecule has 0 aromatic heterocycles. The molecule has 30 heavy (non-hydrogen) atoms. The molecule has 160 valence electrons. The molecule has 0 N–H and O–H groups in total. The fourth-order valence-corrected chi connectivity index (χ4v) is 3.58. The van der Waals surface area contributed by atoms with Gasteiger partial charge in [0.15, 0.2) is 17.7 Å². The number of benzene rings is 1. The maximum absolute atomic E-state index is 13.1. The first-order valence-corrected chi connectivity index (χ1v) is 10.3. The van der Waals surface area contributed by atoms with Gasteiger partial charge in [0.25, 0.3) is 0 Å². The molecule has 0 spiro atoms. The highest BCUT2D eigenvalue weighted by molar-refractivity contribution is 5.91. The van der Waals surface area contributed by atoms with Gasteiger partial charge in [0.1, 0.15) is 6.10 Å². The van der Waals surface area contributed by atoms with Gasteiger partial charge in [-0.1, -0.05) is 24.8 Å². The highest BCUT2D eigenvalue weighted by atomic mass is 19.1. The van der Waals surface area contributed by atoms with Crippen LogP contribution in [0.4, 0.5) is 14.9 Å². The van der Waals surface area contributed by atoms with Gasteiger partial charge in [0.05, 0.1) is 6.54 Å². The van der Waals surface area contributed by atoms with Crippen molar-refractivity contribution >= 4 is 23.3 Å². The molecule has 1 unspecified atom stereocenters. The van der Waals surface area contributed by atoms with Gasteiger partial charge >= 0.3 is 6.09 Å². The summed E-state index contributed by atoms with van der Waals surface area (Å²) >= 11 is 0. The molecule has 1 fully saturated rings. The number of allylic oxidation sites excluding steroid dienone is 2. The normalized spacial score (nSPS) is 19.7. The van der Waals surface area contributed by atoms with Gasteiger partial charge in [-0.2, -0.15) is 0 Å². The zero-order chi connectivity index (χ0) is 21.5. The van der Waals surface area contributed by atoms with Crippen LogP contribution in [0.3, 0.4) is 0 Å². The number of Topliss-reactive ketones (excluding diaryl/α,β-unsaturated/α-hetero) is 1. The van der Waals surface area contributed by atoms with E-state index in [9.17, 15) is 18.8 Å². The van der Waals surface area contributed by atoms with Gasteiger partial charge < -0.3 is 14.5 Å². The second-order valence-corrected chi connectivity index (χ2v) is 7.63. The molecule has 0 bridgehead atoms. The molecule has 7 heteroatoms. The minimum atomic E-state index is -1.59. The molecular weight excluding hydrogens is 387 g/mol. The molecule has 3 rings (SSSR count). The molecule has 0 saturated carbocycles. The van der Waals surface area contributed by atoms with Crippen LogP contribution in [0.25, 0.3) is 0 Å². The largest absolute Gasteiger partial charge is 0.444 e. The number of cyclic esters (lactones) is 1. The zero-order valence-electron chi connectivity index (χ0n) is 17.0. The third-order valence-electron chi connectivity index (χ3n) is 5.34. The number of alkyl halides is 1. The van der Waals surface area contributed by atoms with E-state index in [0.717, 1.165) is 17.3 Å². The minimum Gasteiger partial charge on any atom is -0.444 e. The first-order valence-electron chi connectivity index (χ1n) is 10.3. The molecule has 0 aliphatic carbocycles. The number of amides is 1. The SMILES string of the molecule is C=CC(F)C(=O)CCCC[C@H]1CN(Cc2ccc(N3C=CC(=O)CC3)cc2)C(=O)O1. The highest BCUT2D eigenvalue weighted by Gasteiger charge is 2.30. The van der Waals surface area contributed by atoms with E-state index >= 15 is 0 Å². The molecule has 0 radical (unpaired) electrons. The Morgan fingerprint density at radius 1 is 1.27 bits per heavy atom. The van der Waals surface area contributed by atoms with Gasteiger partial charge in [-0.3, -0.25) is 9.59 Å². The highest BCUT2D eigenvalue weighted by Crippen LogP contribution is 2.22. The van der Waals surface area contributed by atoms with E-state index in [4.69, 9.17) is 4.74 Å². The third-order valence-corrected chi connectivity index (χ3v) is 5.34. The number of unbranched alkanes of at least 4 members (excludes halogenated alkanes) is 1. The van der Waals surface area contributed by atoms with E-state index in [0.29, 0.717) is 45.3 Å². The summed E-state index contributed by atoms with van der Waals surface area (Å²) in [5.74, 6) is -0.315. The van der Waals surface area contributed by atoms with Crippen LogP contribution in [0.15, 0.2) is 49.2 Å². The van der Waals surface area contributed by atoms with E-state index in [2.05, 4.69) is 6.58 Å². The van der Waals surface area contributed by atoms with Crippen molar-refractivity contribution in [2.45, 2.75) is 50.9 Å². The zero-order valence-corrected chi connectivity index (χ0v) is 17.0. The fraction of sp³-hybridized carbons (Fsp3) is 0.435. The summed E-state index contributed by atoms with van der Waals surface area (Å²) < 4.78 is 18.6. The predicted molar refractivity (Wildman–Crippen MR) is 112 cm³/mol. The number of ether oxygens (including phenoxy) is 1. The average Bonchev–Trinajstić information content (AvgIpc) is 3.10. The monoisotopic (exact) mass is 414 g/mol. The number of halogens is 1. The number of hydrogen-bond donors (Lipinski definition) is 0. The van der Waals surface area contributed by atoms with Crippen LogP contribution in [-0.4, -0.2) is 47.9 Å². The Balaban J connectivity index is 1.43. The first kappa shape index (κ1) is 21.7. The van der Waals surface area contributed by atoms with Crippen LogP contribution in [-0.2, 0) is 20.9 Å². The summed E-state index contributed by atoms with van der Waals surface area (Å²) in [5, 5.41) is 0. The molecular formula is C23H27FN2O4. The molecule has 2 atom stereocenters. The molecule has 6 nitrogen and oxygen atoms in total. The van der Waals surface area contributed by atoms with Crippen molar-refractivity contribution < 1.29 is 23.5 Å². The van der Waals surface area contributed by atoms with Crippen LogP contribution in [0, 0.1) is 0 Å². The minimum absolute atomic E-state index is 0.139. The van der Waals surface area contributed by atoms with Crippen molar-refractivity contribution in [3.8, 4) is 0 Å². The number of rotatable bonds is 10. The van der Waals surface area contributed by atoms with Crippen molar-refractivity contribution in [1.82, 2.24) is 4.90 Å². The summed E-state index contributed by atoms with van der Waals surface area (Å²) in [5.41, 5.74) is 2.00. The van der Waals surface area contributed by atoms with E-state index in [1.54, 1.807) is 17.2 Å². The van der Waals surface area contributed by atoms with Gasteiger partial charge in [-0.05, 0) is 43.0 Å². The molecule has 2 heterocycles. The Hall–Kier alpha value is -2.96. The molecule has 2 aliphatic heterocycles. The summed E-state index contributed by atoms with van der Waals surface area (Å²) in [6.45, 7) is 4.91. The number of anilines is 1. The Labute approximate surface area is 176 Å². The summed E-state index contributed by atoms with van der Waals surface area (Å²) in [6, 6.07) is 7.90. The molecule has 1 aromatic carbocycles. The van der Waals surface area contributed by atoms with Crippen molar-refractivity contribution in [1.29, 1.82) is 0 Å². The Bertz CT molecular complexity index is 821. The lowest BCUT2D eigenvalue weighted by Gasteiger charge is -2.23. The maximum Gasteiger partial charge on any atom is 0.410 e. The second kappa shape index (κ2) is 10.2. The van der Waals surface area contributed by atoms with Crippen LogP contribution >= 0.6 is 0 Å². The van der Waals surface area contributed by atoms with Gasteiger partial charge in [-0.15, -0.1) is 0 Å². The summed E-state index contributed by atoms with van der Waals surface area (Å²) in [4.78, 5) is 38.6. The molecule has 2 aliphatic rings. The first-order chi connectivity index (χ1) is 14.5. The van der Waals surface area contributed by atoms with Gasteiger partial charge in [0.2, 0.25) is 0 Å². The Kier molecular flexibility index (Phi) is 7.38. The molecule has 1 saturated heterocycles. The quantitative estimate of drug-likeness (QED) is 0.428. The van der Waals surface area contributed by atoms with Gasteiger partial charge in [-0.25, -0.2) is 9.18 Å².